The maximum absolute atomic E-state index is 3.60. The molecule has 2 radical (unpaired) electrons. The monoisotopic (exact) mass is 662 g/mol. The molecule has 1 aliphatic carbocycles. The zero-order valence-corrected chi connectivity index (χ0v) is 29.2. The standard InChI is InChI=1S/C15H11.C9H13.2C4H9.2ClH.Ge.Zr/c1-2-6-12(7-3-1)15-11-10-13-8-4-5-9-14(13)15;1-6-5-7(2)9(4)8(6)3;2*1-3-4-2;;;;/h1-11H;6H,1-4H3;2*1,3-4H2,2H3;2*1H;;/q4*-1;;;;. The maximum Gasteiger partial charge on any atom is -0.0623 e. The molecule has 0 aromatic heterocycles. The maximum atomic E-state index is 3.60. The molecule has 1 atom stereocenters. The SMILES string of the molecule is CC1=[C-]C(C)C(C)=C1C.Cl.Cl.[CH2-]CCC.[CH2-]CCC.[Ge]=[Zr].c1ccc(-c2c[cH-]c3ccccc23)cc1. The van der Waals surface area contributed by atoms with Gasteiger partial charge < -0.3 is 13.8 Å². The van der Waals surface area contributed by atoms with Crippen molar-refractivity contribution >= 4 is 47.7 Å². The largest absolute Gasteiger partial charge is 0.150 e. The Hall–Kier alpha value is -0.464. The van der Waals surface area contributed by atoms with Gasteiger partial charge >= 0.3 is 33.7 Å². The van der Waals surface area contributed by atoms with E-state index in [1.807, 2.05) is 0 Å². The van der Waals surface area contributed by atoms with Crippen LogP contribution in [0.2, 0.25) is 0 Å². The first-order valence-corrected chi connectivity index (χ1v) is 19.7. The van der Waals surface area contributed by atoms with E-state index in [1.54, 1.807) is 21.6 Å². The van der Waals surface area contributed by atoms with Crippen molar-refractivity contribution in [3.05, 3.63) is 103 Å². The van der Waals surface area contributed by atoms with Crippen molar-refractivity contribution in [1.29, 1.82) is 0 Å². The number of benzene rings is 2. The van der Waals surface area contributed by atoms with Crippen LogP contribution in [0.4, 0.5) is 0 Å². The molecule has 4 rings (SSSR count). The van der Waals surface area contributed by atoms with Gasteiger partial charge in [-0.2, -0.15) is 24.0 Å². The Morgan fingerprint density at radius 1 is 0.861 bits per heavy atom. The molecule has 0 saturated heterocycles. The summed E-state index contributed by atoms with van der Waals surface area (Å²) in [4.78, 5) is 0. The first kappa shape index (κ1) is 40.0. The van der Waals surface area contributed by atoms with E-state index >= 15 is 0 Å². The fraction of sp³-hybridized carbons (Fsp3) is 0.344. The van der Waals surface area contributed by atoms with Crippen LogP contribution >= 0.6 is 24.8 Å². The van der Waals surface area contributed by atoms with Gasteiger partial charge in [-0.15, -0.1) is 78.4 Å². The van der Waals surface area contributed by atoms with Crippen molar-refractivity contribution in [2.24, 2.45) is 5.92 Å². The first-order chi connectivity index (χ1) is 16.4. The van der Waals surface area contributed by atoms with E-state index in [0.717, 1.165) is 12.8 Å². The van der Waals surface area contributed by atoms with Crippen LogP contribution in [0.3, 0.4) is 0 Å². The van der Waals surface area contributed by atoms with Gasteiger partial charge in [0.05, 0.1) is 0 Å². The molecule has 0 fully saturated rings. The fourth-order valence-corrected chi connectivity index (χ4v) is 3.18. The molecule has 0 heterocycles. The Morgan fingerprint density at radius 2 is 1.33 bits per heavy atom. The molecular formula is C32H44Cl2GeZr-4. The Bertz CT molecular complexity index is 982. The quantitative estimate of drug-likeness (QED) is 0.193. The second-order valence-corrected chi connectivity index (χ2v) is 8.21. The van der Waals surface area contributed by atoms with Crippen LogP contribution in [0.15, 0.2) is 83.4 Å². The molecule has 0 aliphatic heterocycles. The van der Waals surface area contributed by atoms with Crippen LogP contribution in [-0.2, 0) is 21.6 Å². The number of unbranched alkanes of at least 4 members (excludes halogenated alkanes) is 2. The van der Waals surface area contributed by atoms with Crippen LogP contribution in [-0.4, -0.2) is 12.1 Å². The van der Waals surface area contributed by atoms with Gasteiger partial charge in [0, 0.05) is 0 Å². The summed E-state index contributed by atoms with van der Waals surface area (Å²) in [7, 11) is 0. The summed E-state index contributed by atoms with van der Waals surface area (Å²) in [5.41, 5.74) is 6.86. The summed E-state index contributed by atoms with van der Waals surface area (Å²) in [6.45, 7) is 20.1. The second-order valence-electron chi connectivity index (χ2n) is 8.21. The van der Waals surface area contributed by atoms with Gasteiger partial charge in [-0.1, -0.05) is 95.3 Å². The molecule has 3 aromatic carbocycles. The molecular weight excluding hydrogens is 619 g/mol. The minimum absolute atomic E-state index is 0. The van der Waals surface area contributed by atoms with Gasteiger partial charge in [0.15, 0.2) is 0 Å². The van der Waals surface area contributed by atoms with Crippen molar-refractivity contribution < 1.29 is 21.6 Å². The Balaban J connectivity index is -0.000000449. The van der Waals surface area contributed by atoms with Crippen LogP contribution in [0, 0.1) is 25.8 Å². The Morgan fingerprint density at radius 3 is 1.72 bits per heavy atom. The van der Waals surface area contributed by atoms with Crippen molar-refractivity contribution in [3.63, 3.8) is 0 Å². The zero-order valence-electron chi connectivity index (χ0n) is 23.0. The van der Waals surface area contributed by atoms with E-state index in [4.69, 9.17) is 0 Å². The summed E-state index contributed by atoms with van der Waals surface area (Å²) in [6.07, 6.45) is 7.91. The van der Waals surface area contributed by atoms with E-state index in [-0.39, 0.29) is 24.8 Å². The van der Waals surface area contributed by atoms with E-state index in [0.29, 0.717) is 5.92 Å². The van der Waals surface area contributed by atoms with Crippen LogP contribution < -0.4 is 0 Å². The van der Waals surface area contributed by atoms with E-state index in [2.05, 4.69) is 140 Å². The summed E-state index contributed by atoms with van der Waals surface area (Å²) >= 11 is 3.64. The fourth-order valence-electron chi connectivity index (χ4n) is 3.18. The molecule has 0 nitrogen and oxygen atoms in total. The predicted octanol–water partition coefficient (Wildman–Crippen LogP) is 10.6. The number of hydrogen-bond acceptors (Lipinski definition) is 0. The number of halogens is 2. The average molecular weight is 663 g/mol. The molecule has 1 aliphatic rings. The minimum atomic E-state index is 0. The van der Waals surface area contributed by atoms with Crippen LogP contribution in [0.5, 0.6) is 0 Å². The van der Waals surface area contributed by atoms with Gasteiger partial charge in [0.2, 0.25) is 0 Å². The molecule has 0 amide bonds. The molecule has 3 aromatic rings. The summed E-state index contributed by atoms with van der Waals surface area (Å²) < 4.78 is 0. The number of rotatable bonds is 3. The van der Waals surface area contributed by atoms with E-state index < -0.39 is 0 Å². The second kappa shape index (κ2) is 24.8. The van der Waals surface area contributed by atoms with Crippen molar-refractivity contribution in [2.75, 3.05) is 0 Å². The smallest absolute Gasteiger partial charge is 0.0623 e. The van der Waals surface area contributed by atoms with Gasteiger partial charge in [0.1, 0.15) is 0 Å². The molecule has 36 heavy (non-hydrogen) atoms. The zero-order chi connectivity index (χ0) is 25.9. The summed E-state index contributed by atoms with van der Waals surface area (Å²) in [5.74, 6) is 0.560. The first-order valence-electron chi connectivity index (χ1n) is 12.2. The summed E-state index contributed by atoms with van der Waals surface area (Å²) in [6, 6.07) is 23.4. The van der Waals surface area contributed by atoms with Crippen molar-refractivity contribution in [1.82, 2.24) is 0 Å². The Kier molecular flexibility index (Phi) is 27.6. The molecule has 4 heteroatoms. The molecule has 0 spiro atoms. The minimum Gasteiger partial charge on any atom is -0.150 e. The Labute approximate surface area is 255 Å². The van der Waals surface area contributed by atoms with E-state index in [1.165, 1.54) is 51.5 Å². The predicted molar refractivity (Wildman–Crippen MR) is 166 cm³/mol. The topological polar surface area (TPSA) is 0 Å². The summed E-state index contributed by atoms with van der Waals surface area (Å²) in [5, 5.41) is 2.65. The third kappa shape index (κ3) is 14.5. The van der Waals surface area contributed by atoms with Crippen LogP contribution in [0.25, 0.3) is 21.9 Å². The van der Waals surface area contributed by atoms with Crippen LogP contribution in [0.1, 0.15) is 67.2 Å². The normalized spacial score (nSPS) is 13.0. The molecule has 0 bridgehead atoms. The number of fused-ring (bicyclic) bond motifs is 1. The molecule has 0 saturated carbocycles. The van der Waals surface area contributed by atoms with Crippen molar-refractivity contribution in [3.8, 4) is 11.1 Å². The van der Waals surface area contributed by atoms with Crippen molar-refractivity contribution in [2.45, 2.75) is 67.2 Å². The van der Waals surface area contributed by atoms with E-state index in [9.17, 15) is 0 Å². The van der Waals surface area contributed by atoms with Gasteiger partial charge in [-0.3, -0.25) is 6.08 Å². The number of hydrogen-bond donors (Lipinski definition) is 0. The number of allylic oxidation sites excluding steroid dienone is 4. The molecule has 0 N–H and O–H groups in total. The van der Waals surface area contributed by atoms with Gasteiger partial charge in [-0.25, -0.2) is 5.57 Å². The third-order valence-electron chi connectivity index (χ3n) is 5.71. The third-order valence-corrected chi connectivity index (χ3v) is 5.71. The average Bonchev–Trinajstić information content (AvgIpc) is 3.43. The van der Waals surface area contributed by atoms with Gasteiger partial charge in [0.25, 0.3) is 0 Å². The molecule has 1 unspecified atom stereocenters. The van der Waals surface area contributed by atoms with Gasteiger partial charge in [-0.05, 0) is 0 Å². The molecule has 198 valence electrons.